The van der Waals surface area contributed by atoms with Crippen molar-refractivity contribution in [2.24, 2.45) is 0 Å². The Hall–Kier alpha value is -2.84. The third kappa shape index (κ3) is 5.45. The highest BCUT2D eigenvalue weighted by molar-refractivity contribution is 9.10. The SMILES string of the molecule is [2H]c1oc2c(Br)cc(C(=O)CN(C)c3cccc(CC(=O)OCC)c3OCOC)cc2c1[2H]. The lowest BCUT2D eigenvalue weighted by Crippen LogP contribution is -2.26. The monoisotopic (exact) mass is 491 g/mol. The number of carbonyl (C=O) groups is 2. The van der Waals surface area contributed by atoms with Gasteiger partial charge < -0.3 is 23.5 Å². The van der Waals surface area contributed by atoms with Gasteiger partial charge >= 0.3 is 5.97 Å². The Bertz CT molecular complexity index is 1180. The number of Topliss-reactive ketones (excluding diaryl/α,β-unsaturated/α-hetero) is 1. The smallest absolute Gasteiger partial charge is 0.310 e. The Kier molecular flexibility index (Phi) is 6.77. The molecule has 0 saturated carbocycles. The molecular formula is C23H24BrNO6. The second kappa shape index (κ2) is 10.5. The largest absolute Gasteiger partial charge is 0.466 e. The molecule has 3 aromatic rings. The number of anilines is 1. The topological polar surface area (TPSA) is 78.2 Å². The summed E-state index contributed by atoms with van der Waals surface area (Å²) in [5, 5.41) is 0.390. The number of ketones is 1. The van der Waals surface area contributed by atoms with Crippen LogP contribution in [0.1, 0.15) is 25.6 Å². The molecule has 0 bridgehead atoms. The number of esters is 1. The fourth-order valence-electron chi connectivity index (χ4n) is 3.14. The van der Waals surface area contributed by atoms with Gasteiger partial charge in [-0.15, -0.1) is 0 Å². The molecule has 8 heteroatoms. The first-order chi connectivity index (χ1) is 15.8. The third-order valence-electron chi connectivity index (χ3n) is 4.53. The first-order valence-electron chi connectivity index (χ1n) is 10.6. The number of carbonyl (C=O) groups excluding carboxylic acids is 2. The molecule has 2 aromatic carbocycles. The van der Waals surface area contributed by atoms with Crippen LogP contribution in [-0.4, -0.2) is 45.9 Å². The fourth-order valence-corrected chi connectivity index (χ4v) is 3.68. The predicted octanol–water partition coefficient (Wildman–Crippen LogP) is 4.60. The summed E-state index contributed by atoms with van der Waals surface area (Å²) in [6.07, 6.45) is -0.236. The predicted molar refractivity (Wildman–Crippen MR) is 121 cm³/mol. The number of methoxy groups -OCH3 is 1. The van der Waals surface area contributed by atoms with E-state index in [1.54, 1.807) is 49.2 Å². The highest BCUT2D eigenvalue weighted by Gasteiger charge is 2.19. The first-order valence-corrected chi connectivity index (χ1v) is 10.4. The van der Waals surface area contributed by atoms with E-state index in [0.717, 1.165) is 0 Å². The molecule has 0 amide bonds. The van der Waals surface area contributed by atoms with Gasteiger partial charge in [0.15, 0.2) is 12.6 Å². The van der Waals surface area contributed by atoms with E-state index in [1.807, 2.05) is 0 Å². The molecule has 3 rings (SSSR count). The quantitative estimate of drug-likeness (QED) is 0.233. The number of likely N-dealkylation sites (N-methyl/N-ethyl adjacent to an activating group) is 1. The summed E-state index contributed by atoms with van der Waals surface area (Å²) < 4.78 is 37.3. The molecular weight excluding hydrogens is 466 g/mol. The van der Waals surface area contributed by atoms with E-state index in [2.05, 4.69) is 15.9 Å². The van der Waals surface area contributed by atoms with Gasteiger partial charge in [-0.2, -0.15) is 0 Å². The van der Waals surface area contributed by atoms with Crippen molar-refractivity contribution in [1.29, 1.82) is 0 Å². The molecule has 1 aromatic heterocycles. The van der Waals surface area contributed by atoms with Crippen LogP contribution < -0.4 is 9.64 Å². The van der Waals surface area contributed by atoms with Crippen molar-refractivity contribution in [3.05, 3.63) is 58.2 Å². The van der Waals surface area contributed by atoms with Crippen LogP contribution in [0.15, 0.2) is 51.5 Å². The number of hydrogen-bond donors (Lipinski definition) is 0. The van der Waals surface area contributed by atoms with Gasteiger partial charge in [0.2, 0.25) is 0 Å². The zero-order valence-electron chi connectivity index (χ0n) is 19.5. The van der Waals surface area contributed by atoms with E-state index in [-0.39, 0.29) is 50.4 Å². The number of ether oxygens (including phenoxy) is 3. The molecule has 0 aliphatic rings. The Balaban J connectivity index is 1.89. The zero-order valence-corrected chi connectivity index (χ0v) is 19.1. The van der Waals surface area contributed by atoms with Gasteiger partial charge in [0.05, 0.1) is 37.3 Å². The number of nitrogens with zero attached hydrogens (tertiary/aromatic N) is 1. The minimum absolute atomic E-state index is 0.00304. The van der Waals surface area contributed by atoms with E-state index in [1.165, 1.54) is 7.11 Å². The van der Waals surface area contributed by atoms with Gasteiger partial charge in [-0.1, -0.05) is 12.1 Å². The van der Waals surface area contributed by atoms with Gasteiger partial charge in [-0.3, -0.25) is 9.59 Å². The summed E-state index contributed by atoms with van der Waals surface area (Å²) in [5.74, 6) is -0.156. The van der Waals surface area contributed by atoms with Crippen LogP contribution >= 0.6 is 15.9 Å². The van der Waals surface area contributed by atoms with Crippen LogP contribution in [-0.2, 0) is 20.7 Å². The van der Waals surface area contributed by atoms with Crippen LogP contribution in [0.25, 0.3) is 11.0 Å². The van der Waals surface area contributed by atoms with Crippen molar-refractivity contribution < 1.29 is 31.0 Å². The second-order valence-corrected chi connectivity index (χ2v) is 7.60. The number of rotatable bonds is 10. The molecule has 0 atom stereocenters. The second-order valence-electron chi connectivity index (χ2n) is 6.74. The lowest BCUT2D eigenvalue weighted by atomic mass is 10.1. The van der Waals surface area contributed by atoms with Gasteiger partial charge in [-0.05, 0) is 47.1 Å². The number of benzene rings is 2. The van der Waals surface area contributed by atoms with Gasteiger partial charge in [-0.25, -0.2) is 0 Å². The van der Waals surface area contributed by atoms with E-state index in [4.69, 9.17) is 21.4 Å². The Morgan fingerprint density at radius 2 is 2.10 bits per heavy atom. The maximum Gasteiger partial charge on any atom is 0.310 e. The van der Waals surface area contributed by atoms with Crippen molar-refractivity contribution in [3.63, 3.8) is 0 Å². The summed E-state index contributed by atoms with van der Waals surface area (Å²) in [6.45, 7) is 1.99. The summed E-state index contributed by atoms with van der Waals surface area (Å²) in [4.78, 5) is 26.8. The lowest BCUT2D eigenvalue weighted by Gasteiger charge is -2.23. The molecule has 0 saturated heterocycles. The van der Waals surface area contributed by atoms with E-state index < -0.39 is 0 Å². The lowest BCUT2D eigenvalue weighted by molar-refractivity contribution is -0.142. The molecule has 7 nitrogen and oxygen atoms in total. The Morgan fingerprint density at radius 3 is 2.84 bits per heavy atom. The van der Waals surface area contributed by atoms with Crippen molar-refractivity contribution in [1.82, 2.24) is 0 Å². The molecule has 0 N–H and O–H groups in total. The molecule has 0 fully saturated rings. The Labute approximate surface area is 191 Å². The molecule has 0 spiro atoms. The fraction of sp³-hybridized carbons (Fsp3) is 0.304. The highest BCUT2D eigenvalue weighted by atomic mass is 79.9. The van der Waals surface area contributed by atoms with Crippen LogP contribution in [0.2, 0.25) is 0 Å². The number of hydrogen-bond acceptors (Lipinski definition) is 7. The van der Waals surface area contributed by atoms with Gasteiger partial charge in [0.1, 0.15) is 12.7 Å². The van der Waals surface area contributed by atoms with Crippen molar-refractivity contribution in [3.8, 4) is 5.75 Å². The number of fused-ring (bicyclic) bond motifs is 1. The maximum atomic E-state index is 13.1. The van der Waals surface area contributed by atoms with Crippen molar-refractivity contribution in [2.75, 3.05) is 39.0 Å². The van der Waals surface area contributed by atoms with E-state index in [9.17, 15) is 9.59 Å². The molecule has 0 aliphatic heterocycles. The number of halogens is 1. The minimum Gasteiger partial charge on any atom is -0.466 e. The summed E-state index contributed by atoms with van der Waals surface area (Å²) in [7, 11) is 3.23. The average Bonchev–Trinajstić information content (AvgIpc) is 3.07. The normalized spacial score (nSPS) is 11.7. The molecule has 1 heterocycles. The van der Waals surface area contributed by atoms with Gasteiger partial charge in [0.25, 0.3) is 0 Å². The maximum absolute atomic E-state index is 13.1. The van der Waals surface area contributed by atoms with Gasteiger partial charge in [0, 0.05) is 30.7 Å². The standard InChI is InChI=1S/C23H24BrNO6/c1-4-29-21(27)12-15-6-5-7-19(23(15)31-14-28-3)25(2)13-20(26)17-10-16-8-9-30-22(16)18(24)11-17/h5-11H,4,12-14H2,1-3H3/i8D,9D. The summed E-state index contributed by atoms with van der Waals surface area (Å²) >= 11 is 3.36. The summed E-state index contributed by atoms with van der Waals surface area (Å²) in [5.41, 5.74) is 1.96. The van der Waals surface area contributed by atoms with Crippen LogP contribution in [0, 0.1) is 0 Å². The molecule has 0 unspecified atom stereocenters. The van der Waals surface area contributed by atoms with Crippen LogP contribution in [0.3, 0.4) is 0 Å². The molecule has 0 aliphatic carbocycles. The molecule has 31 heavy (non-hydrogen) atoms. The Morgan fingerprint density at radius 1 is 1.29 bits per heavy atom. The number of furan rings is 1. The van der Waals surface area contributed by atoms with Crippen molar-refractivity contribution in [2.45, 2.75) is 13.3 Å². The van der Waals surface area contributed by atoms with Crippen LogP contribution in [0.5, 0.6) is 5.75 Å². The minimum atomic E-state index is -0.381. The van der Waals surface area contributed by atoms with Crippen molar-refractivity contribution >= 4 is 44.3 Å². The van der Waals surface area contributed by atoms with Crippen LogP contribution in [0.4, 0.5) is 5.69 Å². The highest BCUT2D eigenvalue weighted by Crippen LogP contribution is 2.33. The molecule has 0 radical (unpaired) electrons. The third-order valence-corrected chi connectivity index (χ3v) is 5.12. The zero-order chi connectivity index (χ0) is 24.1. The molecule has 164 valence electrons. The number of para-hydroxylation sites is 1. The van der Waals surface area contributed by atoms with E-state index in [0.29, 0.717) is 38.0 Å². The summed E-state index contributed by atoms with van der Waals surface area (Å²) in [6, 6.07) is 8.42. The van der Waals surface area contributed by atoms with E-state index >= 15 is 0 Å². The average molecular weight is 492 g/mol. The first kappa shape index (κ1) is 20.1.